The molecule has 1 aliphatic rings. The minimum atomic E-state index is -0.680. The molecule has 1 aromatic heterocycles. The molecule has 10 heteroatoms. The highest BCUT2D eigenvalue weighted by Crippen LogP contribution is 2.35. The molecule has 1 fully saturated rings. The van der Waals surface area contributed by atoms with Gasteiger partial charge in [0.05, 0.1) is 20.8 Å². The number of esters is 1. The largest absolute Gasteiger partial charge is 0.504 e. The Balaban J connectivity index is 1.84. The Labute approximate surface area is 164 Å². The molecule has 1 aliphatic heterocycles. The molecule has 2 aromatic rings. The summed E-state index contributed by atoms with van der Waals surface area (Å²) in [6, 6.07) is 5.00. The monoisotopic (exact) mass is 406 g/mol. The van der Waals surface area contributed by atoms with Gasteiger partial charge in [0.25, 0.3) is 5.91 Å². The highest BCUT2D eigenvalue weighted by molar-refractivity contribution is 6.31. The van der Waals surface area contributed by atoms with Gasteiger partial charge in [-0.15, -0.1) is 0 Å². The van der Waals surface area contributed by atoms with Crippen molar-refractivity contribution < 1.29 is 33.4 Å². The van der Waals surface area contributed by atoms with E-state index in [1.54, 1.807) is 0 Å². The molecule has 0 bridgehead atoms. The van der Waals surface area contributed by atoms with E-state index in [1.165, 1.54) is 44.6 Å². The summed E-state index contributed by atoms with van der Waals surface area (Å²) in [5, 5.41) is 12.9. The fourth-order valence-electron chi connectivity index (χ4n) is 2.56. The summed E-state index contributed by atoms with van der Waals surface area (Å²) in [6.45, 7) is -0.191. The number of phenols is 1. The second-order valence-corrected chi connectivity index (χ2v) is 6.12. The fraction of sp³-hybridized carbons (Fsp3) is 0.167. The molecule has 0 spiro atoms. The molecule has 1 aromatic carbocycles. The van der Waals surface area contributed by atoms with Crippen LogP contribution >= 0.6 is 11.6 Å². The number of nitrogens with zero attached hydrogens (tertiary/aromatic N) is 1. The van der Waals surface area contributed by atoms with E-state index in [0.717, 1.165) is 4.90 Å². The van der Waals surface area contributed by atoms with Gasteiger partial charge in [-0.25, -0.2) is 9.59 Å². The standard InChI is InChI=1S/C18H15ClN2O7/c1-26-14-7-10(19)5-9(15(14)22)6-12-16(23)21(18(25)20-12)8-11-3-4-13(28-11)17(24)27-2/h3-7,22H,8H2,1-2H3,(H,20,25)/b12-6-. The molecule has 0 aliphatic carbocycles. The Morgan fingerprint density at radius 3 is 2.75 bits per heavy atom. The summed E-state index contributed by atoms with van der Waals surface area (Å²) >= 11 is 5.97. The average Bonchev–Trinajstić information content (AvgIpc) is 3.24. The molecule has 9 nitrogen and oxygen atoms in total. The molecular weight excluding hydrogens is 392 g/mol. The molecular formula is C18H15ClN2O7. The molecule has 3 amide bonds. The topological polar surface area (TPSA) is 118 Å². The number of phenolic OH excluding ortho intramolecular Hbond substituents is 1. The van der Waals surface area contributed by atoms with E-state index in [9.17, 15) is 19.5 Å². The number of urea groups is 1. The lowest BCUT2D eigenvalue weighted by molar-refractivity contribution is -0.123. The number of hydrogen-bond acceptors (Lipinski definition) is 7. The van der Waals surface area contributed by atoms with Crippen LogP contribution in [0.1, 0.15) is 21.9 Å². The van der Waals surface area contributed by atoms with Gasteiger partial charge in [-0.05, 0) is 24.3 Å². The number of halogens is 1. The van der Waals surface area contributed by atoms with E-state index < -0.39 is 17.9 Å². The number of imide groups is 1. The van der Waals surface area contributed by atoms with Gasteiger partial charge in [0.2, 0.25) is 5.76 Å². The number of carbonyl (C=O) groups excluding carboxylic acids is 3. The first-order chi connectivity index (χ1) is 13.3. The first-order valence-electron chi connectivity index (χ1n) is 7.92. The van der Waals surface area contributed by atoms with E-state index in [0.29, 0.717) is 0 Å². The van der Waals surface area contributed by atoms with Crippen LogP contribution in [0.25, 0.3) is 6.08 Å². The van der Waals surface area contributed by atoms with Crippen LogP contribution in [0.4, 0.5) is 4.79 Å². The van der Waals surface area contributed by atoms with Crippen LogP contribution in [0.15, 0.2) is 34.4 Å². The number of aromatic hydroxyl groups is 1. The maximum absolute atomic E-state index is 12.6. The third kappa shape index (κ3) is 3.65. The Bertz CT molecular complexity index is 996. The number of hydrogen-bond donors (Lipinski definition) is 2. The van der Waals surface area contributed by atoms with Crippen LogP contribution in [0.2, 0.25) is 5.02 Å². The van der Waals surface area contributed by atoms with Crippen molar-refractivity contribution in [2.24, 2.45) is 0 Å². The lowest BCUT2D eigenvalue weighted by Crippen LogP contribution is -2.30. The first-order valence-corrected chi connectivity index (χ1v) is 8.30. The third-order valence-corrected chi connectivity index (χ3v) is 4.13. The van der Waals surface area contributed by atoms with Crippen molar-refractivity contribution in [3.8, 4) is 11.5 Å². The zero-order valence-corrected chi connectivity index (χ0v) is 15.6. The molecule has 2 heterocycles. The van der Waals surface area contributed by atoms with E-state index in [1.807, 2.05) is 0 Å². The van der Waals surface area contributed by atoms with E-state index in [2.05, 4.69) is 10.1 Å². The number of methoxy groups -OCH3 is 2. The molecule has 3 rings (SSSR count). The van der Waals surface area contributed by atoms with Gasteiger partial charge < -0.3 is 24.3 Å². The second-order valence-electron chi connectivity index (χ2n) is 5.68. The third-order valence-electron chi connectivity index (χ3n) is 3.91. The van der Waals surface area contributed by atoms with Crippen LogP contribution < -0.4 is 10.1 Å². The van der Waals surface area contributed by atoms with Gasteiger partial charge in [-0.3, -0.25) is 9.69 Å². The molecule has 0 radical (unpaired) electrons. The number of ether oxygens (including phenoxy) is 2. The van der Waals surface area contributed by atoms with Gasteiger partial charge in [-0.1, -0.05) is 11.6 Å². The fourth-order valence-corrected chi connectivity index (χ4v) is 2.78. The van der Waals surface area contributed by atoms with Crippen LogP contribution in [-0.4, -0.2) is 42.1 Å². The van der Waals surface area contributed by atoms with Crippen molar-refractivity contribution in [2.75, 3.05) is 14.2 Å². The lowest BCUT2D eigenvalue weighted by Gasteiger charge is -2.09. The predicted octanol–water partition coefficient (Wildman–Crippen LogP) is 2.53. The average molecular weight is 407 g/mol. The van der Waals surface area contributed by atoms with Crippen molar-refractivity contribution in [3.63, 3.8) is 0 Å². The second kappa shape index (κ2) is 7.65. The summed E-state index contributed by atoms with van der Waals surface area (Å²) < 4.78 is 14.8. The highest BCUT2D eigenvalue weighted by atomic mass is 35.5. The van der Waals surface area contributed by atoms with Crippen LogP contribution in [0.3, 0.4) is 0 Å². The number of nitrogens with one attached hydrogen (secondary N) is 1. The van der Waals surface area contributed by atoms with Gasteiger partial charge in [0.15, 0.2) is 11.5 Å². The quantitative estimate of drug-likeness (QED) is 0.445. The minimum absolute atomic E-state index is 0.0451. The Hall–Kier alpha value is -3.46. The molecule has 146 valence electrons. The van der Waals surface area contributed by atoms with Crippen LogP contribution in [0, 0.1) is 0 Å². The number of rotatable bonds is 5. The van der Waals surface area contributed by atoms with Gasteiger partial charge in [-0.2, -0.15) is 0 Å². The summed E-state index contributed by atoms with van der Waals surface area (Å²) in [5.74, 6) is -1.24. The summed E-state index contributed by atoms with van der Waals surface area (Å²) in [6.07, 6.45) is 1.28. The van der Waals surface area contributed by atoms with Gasteiger partial charge in [0, 0.05) is 16.7 Å². The zero-order chi connectivity index (χ0) is 20.4. The normalized spacial score (nSPS) is 15.1. The number of benzene rings is 1. The molecule has 0 saturated carbocycles. The molecule has 28 heavy (non-hydrogen) atoms. The Kier molecular flexibility index (Phi) is 5.27. The van der Waals surface area contributed by atoms with Crippen LogP contribution in [0.5, 0.6) is 11.5 Å². The summed E-state index contributed by atoms with van der Waals surface area (Å²) in [7, 11) is 2.57. The van der Waals surface area contributed by atoms with Crippen LogP contribution in [-0.2, 0) is 16.1 Å². The predicted molar refractivity (Wildman–Crippen MR) is 96.8 cm³/mol. The molecule has 1 saturated heterocycles. The maximum atomic E-state index is 12.6. The molecule has 0 atom stereocenters. The number of carbonyl (C=O) groups is 3. The Morgan fingerprint density at radius 2 is 2.07 bits per heavy atom. The molecule has 2 N–H and O–H groups in total. The minimum Gasteiger partial charge on any atom is -0.504 e. The van der Waals surface area contributed by atoms with Crippen molar-refractivity contribution in [1.29, 1.82) is 0 Å². The van der Waals surface area contributed by atoms with E-state index >= 15 is 0 Å². The van der Waals surface area contributed by atoms with Crippen molar-refractivity contribution >= 4 is 35.6 Å². The van der Waals surface area contributed by atoms with E-state index in [4.69, 9.17) is 20.8 Å². The maximum Gasteiger partial charge on any atom is 0.373 e. The first kappa shape index (κ1) is 19.3. The number of furan rings is 1. The zero-order valence-electron chi connectivity index (χ0n) is 14.8. The van der Waals surface area contributed by atoms with Crippen molar-refractivity contribution in [3.05, 3.63) is 52.1 Å². The lowest BCUT2D eigenvalue weighted by atomic mass is 10.1. The Morgan fingerprint density at radius 1 is 1.32 bits per heavy atom. The summed E-state index contributed by atoms with van der Waals surface area (Å²) in [5.41, 5.74) is 0.130. The van der Waals surface area contributed by atoms with Crippen molar-refractivity contribution in [1.82, 2.24) is 10.2 Å². The number of amides is 3. The van der Waals surface area contributed by atoms with Gasteiger partial charge >= 0.3 is 12.0 Å². The smallest absolute Gasteiger partial charge is 0.373 e. The molecule has 0 unspecified atom stereocenters. The van der Waals surface area contributed by atoms with E-state index in [-0.39, 0.29) is 45.8 Å². The summed E-state index contributed by atoms with van der Waals surface area (Å²) in [4.78, 5) is 37.1. The SMILES string of the molecule is COC(=O)c1ccc(CN2C(=O)N/C(=C\c3cc(Cl)cc(OC)c3O)C2=O)o1. The van der Waals surface area contributed by atoms with Gasteiger partial charge in [0.1, 0.15) is 11.5 Å². The highest BCUT2D eigenvalue weighted by Gasteiger charge is 2.34. The van der Waals surface area contributed by atoms with Crippen molar-refractivity contribution in [2.45, 2.75) is 6.54 Å².